The number of benzene rings is 1. The summed E-state index contributed by atoms with van der Waals surface area (Å²) in [7, 11) is 0. The van der Waals surface area contributed by atoms with Crippen molar-refractivity contribution in [1.82, 2.24) is 20.1 Å². The lowest BCUT2D eigenvalue weighted by molar-refractivity contribution is -0.132. The van der Waals surface area contributed by atoms with Crippen molar-refractivity contribution in [2.45, 2.75) is 26.3 Å². The fraction of sp³-hybridized carbons (Fsp3) is 0.412. The van der Waals surface area contributed by atoms with Crippen LogP contribution < -0.4 is 10.2 Å². The number of nitrogens with one attached hydrogen (secondary N) is 2. The third-order valence-corrected chi connectivity index (χ3v) is 5.59. The first kappa shape index (κ1) is 19.9. The van der Waals surface area contributed by atoms with Gasteiger partial charge in [0.25, 0.3) is 0 Å². The number of hydrogen-bond acceptors (Lipinski definition) is 4. The van der Waals surface area contributed by atoms with Crippen LogP contribution >= 0.6 is 35.4 Å². The van der Waals surface area contributed by atoms with Gasteiger partial charge in [-0.1, -0.05) is 23.2 Å². The second kappa shape index (κ2) is 8.41. The average molecular weight is 428 g/mol. The van der Waals surface area contributed by atoms with E-state index in [-0.39, 0.29) is 11.8 Å². The highest BCUT2D eigenvalue weighted by molar-refractivity contribution is 7.71. The van der Waals surface area contributed by atoms with Crippen LogP contribution in [0.15, 0.2) is 18.2 Å². The third kappa shape index (κ3) is 4.17. The molecule has 1 saturated heterocycles. The van der Waals surface area contributed by atoms with E-state index >= 15 is 0 Å². The van der Waals surface area contributed by atoms with E-state index < -0.39 is 5.92 Å². The summed E-state index contributed by atoms with van der Waals surface area (Å²) in [6, 6.07) is 5.00. The van der Waals surface area contributed by atoms with Gasteiger partial charge in [0.15, 0.2) is 4.77 Å². The van der Waals surface area contributed by atoms with Crippen molar-refractivity contribution in [3.8, 4) is 0 Å². The molecular weight excluding hydrogens is 409 g/mol. The molecule has 2 N–H and O–H groups in total. The summed E-state index contributed by atoms with van der Waals surface area (Å²) in [6.07, 6.45) is 0.989. The lowest BCUT2D eigenvalue weighted by atomic mass is 10.1. The van der Waals surface area contributed by atoms with E-state index in [0.717, 1.165) is 5.82 Å². The topological polar surface area (TPSA) is 83.0 Å². The van der Waals surface area contributed by atoms with Crippen LogP contribution in [0.1, 0.15) is 19.2 Å². The number of amides is 2. The van der Waals surface area contributed by atoms with E-state index in [1.807, 2.05) is 11.5 Å². The number of carbonyl (C=O) groups excluding carboxylic acids is 2. The van der Waals surface area contributed by atoms with Crippen molar-refractivity contribution in [2.75, 3.05) is 18.0 Å². The number of nitrogens with zero attached hydrogens (tertiary/aromatic N) is 3. The molecule has 2 amide bonds. The molecule has 2 heterocycles. The van der Waals surface area contributed by atoms with Crippen LogP contribution in [-0.4, -0.2) is 39.7 Å². The minimum absolute atomic E-state index is 0.234. The summed E-state index contributed by atoms with van der Waals surface area (Å²) in [5, 5.41) is 10.5. The Bertz CT molecular complexity index is 926. The van der Waals surface area contributed by atoms with Gasteiger partial charge in [0.2, 0.25) is 11.8 Å². The number of rotatable bonds is 6. The van der Waals surface area contributed by atoms with Gasteiger partial charge in [0.1, 0.15) is 11.7 Å². The van der Waals surface area contributed by atoms with E-state index in [1.54, 1.807) is 23.1 Å². The molecule has 144 valence electrons. The number of anilines is 1. The Kier molecular flexibility index (Phi) is 6.18. The first-order valence-electron chi connectivity index (χ1n) is 8.60. The van der Waals surface area contributed by atoms with E-state index in [9.17, 15) is 9.59 Å². The van der Waals surface area contributed by atoms with Crippen LogP contribution in [0.3, 0.4) is 0 Å². The SMILES string of the molecule is CCn1c(CCNC(=O)C2CCN(c3ccc(Cl)c(Cl)c3)C2=O)n[nH]c1=S. The highest BCUT2D eigenvalue weighted by Crippen LogP contribution is 2.31. The smallest absolute Gasteiger partial charge is 0.239 e. The fourth-order valence-corrected chi connectivity index (χ4v) is 3.69. The first-order valence-corrected chi connectivity index (χ1v) is 9.77. The molecule has 0 saturated carbocycles. The number of H-pyrrole nitrogens is 1. The highest BCUT2D eigenvalue weighted by Gasteiger charge is 2.37. The molecule has 1 aliphatic rings. The summed E-state index contributed by atoms with van der Waals surface area (Å²) in [4.78, 5) is 26.6. The Hall–Kier alpha value is -1.90. The minimum Gasteiger partial charge on any atom is -0.355 e. The monoisotopic (exact) mass is 427 g/mol. The first-order chi connectivity index (χ1) is 12.9. The highest BCUT2D eigenvalue weighted by atomic mass is 35.5. The van der Waals surface area contributed by atoms with Gasteiger partial charge >= 0.3 is 0 Å². The summed E-state index contributed by atoms with van der Waals surface area (Å²) >= 11 is 17.1. The quantitative estimate of drug-likeness (QED) is 0.548. The van der Waals surface area contributed by atoms with Gasteiger partial charge in [0.05, 0.1) is 10.0 Å². The van der Waals surface area contributed by atoms with Gasteiger partial charge in [-0.05, 0) is 43.8 Å². The second-order valence-electron chi connectivity index (χ2n) is 6.16. The number of aromatic amines is 1. The van der Waals surface area contributed by atoms with Crippen LogP contribution in [0.25, 0.3) is 0 Å². The van der Waals surface area contributed by atoms with Crippen LogP contribution in [0.2, 0.25) is 10.0 Å². The molecule has 1 aromatic heterocycles. The molecule has 2 aromatic rings. The van der Waals surface area contributed by atoms with Gasteiger partial charge < -0.3 is 14.8 Å². The van der Waals surface area contributed by atoms with Gasteiger partial charge in [-0.2, -0.15) is 5.10 Å². The number of hydrogen-bond donors (Lipinski definition) is 2. The van der Waals surface area contributed by atoms with E-state index in [2.05, 4.69) is 15.5 Å². The van der Waals surface area contributed by atoms with Crippen molar-refractivity contribution in [3.63, 3.8) is 0 Å². The van der Waals surface area contributed by atoms with Gasteiger partial charge in [0, 0.05) is 31.7 Å². The van der Waals surface area contributed by atoms with Gasteiger partial charge in [-0.3, -0.25) is 14.7 Å². The zero-order valence-electron chi connectivity index (χ0n) is 14.7. The molecule has 1 unspecified atom stereocenters. The molecule has 7 nitrogen and oxygen atoms in total. The zero-order valence-corrected chi connectivity index (χ0v) is 17.0. The molecule has 1 aromatic carbocycles. The van der Waals surface area contributed by atoms with Gasteiger partial charge in [-0.25, -0.2) is 0 Å². The zero-order chi connectivity index (χ0) is 19.6. The van der Waals surface area contributed by atoms with E-state index in [1.165, 1.54) is 0 Å². The number of halogens is 2. The molecular formula is C17H19Cl2N5O2S. The molecule has 0 radical (unpaired) electrons. The predicted octanol–water partition coefficient (Wildman–Crippen LogP) is 2.98. The number of carbonyl (C=O) groups is 2. The minimum atomic E-state index is -0.702. The molecule has 0 bridgehead atoms. The average Bonchev–Trinajstić information content (AvgIpc) is 3.20. The maximum Gasteiger partial charge on any atom is 0.239 e. The summed E-state index contributed by atoms with van der Waals surface area (Å²) < 4.78 is 2.43. The van der Waals surface area contributed by atoms with Crippen LogP contribution in [0.5, 0.6) is 0 Å². The van der Waals surface area contributed by atoms with E-state index in [4.69, 9.17) is 35.4 Å². The van der Waals surface area contributed by atoms with Crippen molar-refractivity contribution in [2.24, 2.45) is 5.92 Å². The molecule has 10 heteroatoms. The summed E-state index contributed by atoms with van der Waals surface area (Å²) in [6.45, 7) is 3.53. The second-order valence-corrected chi connectivity index (χ2v) is 7.36. The standard InChI is InChI=1S/C17H19Cl2N5O2S/c1-2-23-14(21-22-17(23)27)5-7-20-15(25)11-6-8-24(16(11)26)10-3-4-12(18)13(19)9-10/h3-4,9,11H,2,5-8H2,1H3,(H,20,25)(H,22,27). The van der Waals surface area contributed by atoms with Crippen molar-refractivity contribution < 1.29 is 9.59 Å². The Morgan fingerprint density at radius 2 is 2.19 bits per heavy atom. The normalized spacial score (nSPS) is 16.8. The molecule has 27 heavy (non-hydrogen) atoms. The lowest BCUT2D eigenvalue weighted by Gasteiger charge is -2.17. The Balaban J connectivity index is 1.58. The number of aromatic nitrogens is 3. The van der Waals surface area contributed by atoms with Crippen LogP contribution in [0, 0.1) is 10.7 Å². The Morgan fingerprint density at radius 3 is 2.89 bits per heavy atom. The molecule has 1 aliphatic heterocycles. The summed E-state index contributed by atoms with van der Waals surface area (Å²) in [5.41, 5.74) is 0.642. The van der Waals surface area contributed by atoms with Crippen LogP contribution in [0.4, 0.5) is 5.69 Å². The molecule has 1 fully saturated rings. The predicted molar refractivity (Wildman–Crippen MR) is 107 cm³/mol. The summed E-state index contributed by atoms with van der Waals surface area (Å²) in [5.74, 6) is -0.439. The van der Waals surface area contributed by atoms with E-state index in [0.29, 0.717) is 53.0 Å². The largest absolute Gasteiger partial charge is 0.355 e. The van der Waals surface area contributed by atoms with Crippen molar-refractivity contribution >= 4 is 52.9 Å². The van der Waals surface area contributed by atoms with Gasteiger partial charge in [-0.15, -0.1) is 0 Å². The fourth-order valence-electron chi connectivity index (χ4n) is 3.12. The molecule has 0 aliphatic carbocycles. The van der Waals surface area contributed by atoms with Crippen molar-refractivity contribution in [1.29, 1.82) is 0 Å². The van der Waals surface area contributed by atoms with Crippen LogP contribution in [-0.2, 0) is 22.6 Å². The Morgan fingerprint density at radius 1 is 1.41 bits per heavy atom. The molecule has 1 atom stereocenters. The Labute approximate surface area is 171 Å². The molecule has 3 rings (SSSR count). The molecule has 0 spiro atoms. The maximum atomic E-state index is 12.6. The lowest BCUT2D eigenvalue weighted by Crippen LogP contribution is -2.37. The third-order valence-electron chi connectivity index (χ3n) is 4.54. The maximum absolute atomic E-state index is 12.6. The van der Waals surface area contributed by atoms with Crippen molar-refractivity contribution in [3.05, 3.63) is 38.8 Å².